The number of hydrogen-bond donors (Lipinski definition) is 1. The molecule has 3 aromatic rings. The van der Waals surface area contributed by atoms with Crippen LogP contribution in [0.3, 0.4) is 0 Å². The van der Waals surface area contributed by atoms with Gasteiger partial charge >= 0.3 is 5.97 Å². The van der Waals surface area contributed by atoms with Crippen molar-refractivity contribution >= 4 is 23.6 Å². The van der Waals surface area contributed by atoms with Crippen molar-refractivity contribution in [1.29, 1.82) is 0 Å². The van der Waals surface area contributed by atoms with Crippen LogP contribution in [-0.2, 0) is 14.3 Å². The molecule has 0 bridgehead atoms. The molecule has 1 fully saturated rings. The molecular weight excluding hydrogens is 450 g/mol. The Morgan fingerprint density at radius 3 is 2.40 bits per heavy atom. The molecule has 1 saturated heterocycles. The van der Waals surface area contributed by atoms with Gasteiger partial charge in [0.15, 0.2) is 11.8 Å². The summed E-state index contributed by atoms with van der Waals surface area (Å²) < 4.78 is 4.76. The van der Waals surface area contributed by atoms with Crippen molar-refractivity contribution in [3.63, 3.8) is 0 Å². The fraction of sp³-hybridized carbons (Fsp3) is 0.280. The second kappa shape index (κ2) is 10.7. The number of nitrogens with one attached hydrogen (secondary N) is 1. The molecule has 2 atom stereocenters. The molecule has 1 N–H and O–H groups in total. The summed E-state index contributed by atoms with van der Waals surface area (Å²) in [6, 6.07) is 13.7. The predicted octanol–water partition coefficient (Wildman–Crippen LogP) is 1.66. The standard InChI is InChI=1S/C25H25N5O5/c1-35-25(34)21(22(31)17-8-3-2-4-9-17)28-23(32)18-10-7-15-29(16-18)24(33)19-11-5-6-12-20(19)30-26-13-14-27-30/h2-6,8-9,11-14,18,21H,7,10,15-16H2,1H3,(H,28,32). The molecular formula is C25H25N5O5. The number of carbonyl (C=O) groups excluding carboxylic acids is 4. The van der Waals surface area contributed by atoms with Gasteiger partial charge in [-0.15, -0.1) is 0 Å². The number of hydrogen-bond acceptors (Lipinski definition) is 7. The Hall–Kier alpha value is -4.34. The third kappa shape index (κ3) is 5.26. The first-order valence-corrected chi connectivity index (χ1v) is 11.2. The number of ether oxygens (including phenoxy) is 1. The largest absolute Gasteiger partial charge is 0.467 e. The van der Waals surface area contributed by atoms with Crippen molar-refractivity contribution < 1.29 is 23.9 Å². The highest BCUT2D eigenvalue weighted by Crippen LogP contribution is 2.22. The van der Waals surface area contributed by atoms with Crippen LogP contribution in [0.15, 0.2) is 67.0 Å². The quantitative estimate of drug-likeness (QED) is 0.313. The SMILES string of the molecule is COC(=O)C(NC(=O)C1CCCN(C(=O)c2ccccc2-n2nccn2)C1)C(=O)c1ccccc1. The van der Waals surface area contributed by atoms with Gasteiger partial charge in [-0.3, -0.25) is 14.4 Å². The second-order valence-corrected chi connectivity index (χ2v) is 8.12. The lowest BCUT2D eigenvalue weighted by Gasteiger charge is -2.33. The Labute approximate surface area is 201 Å². The number of benzene rings is 2. The summed E-state index contributed by atoms with van der Waals surface area (Å²) in [6.45, 7) is 0.631. The van der Waals surface area contributed by atoms with Crippen LogP contribution in [0.4, 0.5) is 0 Å². The number of Topliss-reactive ketones (excluding diaryl/α,β-unsaturated/α-hetero) is 1. The zero-order valence-corrected chi connectivity index (χ0v) is 19.2. The van der Waals surface area contributed by atoms with Crippen molar-refractivity contribution in [3.8, 4) is 5.69 Å². The van der Waals surface area contributed by atoms with Gasteiger partial charge in [-0.2, -0.15) is 15.0 Å². The summed E-state index contributed by atoms with van der Waals surface area (Å²) >= 11 is 0. The van der Waals surface area contributed by atoms with Crippen LogP contribution in [0.1, 0.15) is 33.6 Å². The van der Waals surface area contributed by atoms with E-state index >= 15 is 0 Å². The Morgan fingerprint density at radius 1 is 1.00 bits per heavy atom. The Kier molecular flexibility index (Phi) is 7.30. The normalized spacial score (nSPS) is 16.3. The molecule has 10 heteroatoms. The zero-order chi connectivity index (χ0) is 24.8. The van der Waals surface area contributed by atoms with E-state index in [9.17, 15) is 19.2 Å². The minimum atomic E-state index is -1.47. The highest BCUT2D eigenvalue weighted by Gasteiger charge is 2.35. The predicted molar refractivity (Wildman–Crippen MR) is 125 cm³/mol. The number of para-hydroxylation sites is 1. The first-order valence-electron chi connectivity index (χ1n) is 11.2. The van der Waals surface area contributed by atoms with E-state index in [2.05, 4.69) is 15.5 Å². The molecule has 180 valence electrons. The first-order chi connectivity index (χ1) is 17.0. The molecule has 35 heavy (non-hydrogen) atoms. The van der Waals surface area contributed by atoms with Crippen molar-refractivity contribution in [2.24, 2.45) is 5.92 Å². The van der Waals surface area contributed by atoms with Gasteiger partial charge in [0.1, 0.15) is 0 Å². The average molecular weight is 476 g/mol. The second-order valence-electron chi connectivity index (χ2n) is 8.12. The smallest absolute Gasteiger partial charge is 0.336 e. The van der Waals surface area contributed by atoms with Crippen molar-refractivity contribution in [2.45, 2.75) is 18.9 Å². The molecule has 0 spiro atoms. The van der Waals surface area contributed by atoms with E-state index in [0.717, 1.165) is 7.11 Å². The summed E-state index contributed by atoms with van der Waals surface area (Å²) in [6.07, 6.45) is 4.17. The Balaban J connectivity index is 1.49. The van der Waals surface area contributed by atoms with E-state index in [1.807, 2.05) is 0 Å². The van der Waals surface area contributed by atoms with Crippen LogP contribution in [0.5, 0.6) is 0 Å². The van der Waals surface area contributed by atoms with Crippen LogP contribution < -0.4 is 5.32 Å². The molecule has 0 saturated carbocycles. The van der Waals surface area contributed by atoms with Crippen LogP contribution in [0.25, 0.3) is 5.69 Å². The van der Waals surface area contributed by atoms with Crippen molar-refractivity contribution in [1.82, 2.24) is 25.2 Å². The molecule has 1 aliphatic rings. The molecule has 1 aliphatic heterocycles. The number of nitrogens with zero attached hydrogens (tertiary/aromatic N) is 4. The number of esters is 1. The number of ketones is 1. The Morgan fingerprint density at radius 2 is 1.69 bits per heavy atom. The van der Waals surface area contributed by atoms with Gasteiger partial charge in [0.2, 0.25) is 5.91 Å². The van der Waals surface area contributed by atoms with Gasteiger partial charge in [-0.25, -0.2) is 4.79 Å². The number of piperidine rings is 1. The summed E-state index contributed by atoms with van der Waals surface area (Å²) in [4.78, 5) is 54.6. The molecule has 1 aromatic heterocycles. The van der Waals surface area contributed by atoms with E-state index in [4.69, 9.17) is 4.74 Å². The van der Waals surface area contributed by atoms with Gasteiger partial charge in [-0.05, 0) is 25.0 Å². The zero-order valence-electron chi connectivity index (χ0n) is 19.2. The fourth-order valence-electron chi connectivity index (χ4n) is 4.09. The van der Waals surface area contributed by atoms with E-state index in [-0.39, 0.29) is 18.0 Å². The lowest BCUT2D eigenvalue weighted by Crippen LogP contribution is -2.52. The van der Waals surface area contributed by atoms with Crippen molar-refractivity contribution in [3.05, 3.63) is 78.1 Å². The fourth-order valence-corrected chi connectivity index (χ4v) is 4.09. The summed E-state index contributed by atoms with van der Waals surface area (Å²) in [5.41, 5.74) is 1.23. The molecule has 2 aromatic carbocycles. The minimum Gasteiger partial charge on any atom is -0.467 e. The number of rotatable bonds is 7. The third-order valence-electron chi connectivity index (χ3n) is 5.89. The molecule has 4 rings (SSSR count). The number of methoxy groups -OCH3 is 1. The van der Waals surface area contributed by atoms with Crippen LogP contribution in [0.2, 0.25) is 0 Å². The topological polar surface area (TPSA) is 123 Å². The maximum atomic E-state index is 13.4. The molecule has 2 heterocycles. The van der Waals surface area contributed by atoms with Crippen molar-refractivity contribution in [2.75, 3.05) is 20.2 Å². The van der Waals surface area contributed by atoms with Crippen LogP contribution in [-0.4, -0.2) is 69.7 Å². The number of carbonyl (C=O) groups is 4. The minimum absolute atomic E-state index is 0.152. The maximum absolute atomic E-state index is 13.4. The van der Waals surface area contributed by atoms with Gasteiger partial charge < -0.3 is 15.0 Å². The number of amides is 2. The van der Waals surface area contributed by atoms with Gasteiger partial charge in [0.05, 0.1) is 36.7 Å². The average Bonchev–Trinajstić information content (AvgIpc) is 3.46. The molecule has 0 aliphatic carbocycles. The van der Waals surface area contributed by atoms with E-state index in [1.165, 1.54) is 17.2 Å². The third-order valence-corrected chi connectivity index (χ3v) is 5.89. The molecule has 2 amide bonds. The summed E-state index contributed by atoms with van der Waals surface area (Å²) in [7, 11) is 1.16. The highest BCUT2D eigenvalue weighted by molar-refractivity contribution is 6.13. The number of likely N-dealkylation sites (tertiary alicyclic amines) is 1. The molecule has 0 radical (unpaired) electrons. The monoisotopic (exact) mass is 475 g/mol. The highest BCUT2D eigenvalue weighted by atomic mass is 16.5. The molecule has 2 unspecified atom stereocenters. The van der Waals surface area contributed by atoms with E-state index < -0.39 is 29.6 Å². The molecule has 10 nitrogen and oxygen atoms in total. The lowest BCUT2D eigenvalue weighted by atomic mass is 9.95. The summed E-state index contributed by atoms with van der Waals surface area (Å²) in [5, 5.41) is 10.8. The lowest BCUT2D eigenvalue weighted by molar-refractivity contribution is -0.144. The Bertz CT molecular complexity index is 1210. The van der Waals surface area contributed by atoms with E-state index in [0.29, 0.717) is 30.6 Å². The maximum Gasteiger partial charge on any atom is 0.336 e. The van der Waals surface area contributed by atoms with Gasteiger partial charge in [0, 0.05) is 18.7 Å². The van der Waals surface area contributed by atoms with Gasteiger partial charge in [0.25, 0.3) is 5.91 Å². The van der Waals surface area contributed by atoms with E-state index in [1.54, 1.807) is 59.5 Å². The van der Waals surface area contributed by atoms with Crippen LogP contribution >= 0.6 is 0 Å². The number of aromatic nitrogens is 3. The first kappa shape index (κ1) is 23.8. The van der Waals surface area contributed by atoms with Gasteiger partial charge in [-0.1, -0.05) is 42.5 Å². The van der Waals surface area contributed by atoms with Crippen LogP contribution in [0, 0.1) is 5.92 Å². The summed E-state index contributed by atoms with van der Waals surface area (Å²) in [5.74, 6) is -2.73.